The molecule has 2 radical (unpaired) electrons. The Hall–Kier alpha value is -1.83. The zero-order chi connectivity index (χ0) is 20.8. The molecule has 0 amide bonds. The van der Waals surface area contributed by atoms with Crippen LogP contribution in [0, 0.1) is 0 Å². The molecule has 0 saturated carbocycles. The SMILES string of the molecule is CC(C)(O)C(C)(C)O.[B]c1ccc(Oc2ccc(OC(F)F)cc2)c(Cl)c1. The van der Waals surface area contributed by atoms with Crippen molar-refractivity contribution < 1.29 is 28.5 Å². The van der Waals surface area contributed by atoms with E-state index in [1.165, 1.54) is 24.3 Å². The highest BCUT2D eigenvalue weighted by Gasteiger charge is 2.31. The van der Waals surface area contributed by atoms with Crippen LogP contribution in [0.4, 0.5) is 8.78 Å². The summed E-state index contributed by atoms with van der Waals surface area (Å²) in [7, 11) is 5.56. The minimum atomic E-state index is -2.85. The maximum atomic E-state index is 12.0. The third-order valence-corrected chi connectivity index (χ3v) is 4.03. The minimum Gasteiger partial charge on any atom is -0.456 e. The van der Waals surface area contributed by atoms with Crippen LogP contribution in [0.1, 0.15) is 27.7 Å². The third kappa shape index (κ3) is 8.16. The van der Waals surface area contributed by atoms with Gasteiger partial charge in [0.2, 0.25) is 0 Å². The zero-order valence-corrected chi connectivity index (χ0v) is 16.3. The Morgan fingerprint density at radius 2 is 1.41 bits per heavy atom. The monoisotopic (exact) mass is 398 g/mol. The summed E-state index contributed by atoms with van der Waals surface area (Å²) < 4.78 is 33.7. The summed E-state index contributed by atoms with van der Waals surface area (Å²) in [6.07, 6.45) is 0. The van der Waals surface area contributed by atoms with E-state index in [9.17, 15) is 8.78 Å². The maximum absolute atomic E-state index is 12.0. The van der Waals surface area contributed by atoms with Crippen molar-refractivity contribution in [3.05, 3.63) is 47.5 Å². The van der Waals surface area contributed by atoms with Gasteiger partial charge in [0, 0.05) is 0 Å². The summed E-state index contributed by atoms with van der Waals surface area (Å²) in [6.45, 7) is 3.46. The second-order valence-corrected chi connectivity index (χ2v) is 7.17. The van der Waals surface area contributed by atoms with E-state index in [0.29, 0.717) is 22.0 Å². The molecule has 0 fully saturated rings. The fourth-order valence-electron chi connectivity index (χ4n) is 1.42. The van der Waals surface area contributed by atoms with Gasteiger partial charge in [0.1, 0.15) is 25.1 Å². The van der Waals surface area contributed by atoms with E-state index in [1.54, 1.807) is 45.9 Å². The Kier molecular flexibility index (Phi) is 8.08. The molecule has 0 aromatic heterocycles. The van der Waals surface area contributed by atoms with Crippen LogP contribution in [0.5, 0.6) is 17.2 Å². The lowest BCUT2D eigenvalue weighted by Gasteiger charge is -2.31. The van der Waals surface area contributed by atoms with Crippen LogP contribution in [-0.4, -0.2) is 35.9 Å². The Morgan fingerprint density at radius 3 is 1.81 bits per heavy atom. The van der Waals surface area contributed by atoms with Gasteiger partial charge in [0.25, 0.3) is 0 Å². The highest BCUT2D eigenvalue weighted by atomic mass is 35.5. The van der Waals surface area contributed by atoms with Gasteiger partial charge in [-0.25, -0.2) is 0 Å². The number of aliphatic hydroxyl groups is 2. The Balaban J connectivity index is 0.000000387. The molecule has 0 spiro atoms. The average molecular weight is 399 g/mol. The highest BCUT2D eigenvalue weighted by Crippen LogP contribution is 2.29. The van der Waals surface area contributed by atoms with Gasteiger partial charge in [-0.2, -0.15) is 8.78 Å². The topological polar surface area (TPSA) is 58.9 Å². The molecule has 0 aliphatic carbocycles. The summed E-state index contributed by atoms with van der Waals surface area (Å²) in [4.78, 5) is 0. The van der Waals surface area contributed by atoms with E-state index in [-0.39, 0.29) is 5.75 Å². The minimum absolute atomic E-state index is 0.0609. The first-order chi connectivity index (χ1) is 12.3. The van der Waals surface area contributed by atoms with E-state index in [1.807, 2.05) is 0 Å². The van der Waals surface area contributed by atoms with E-state index in [2.05, 4.69) is 4.74 Å². The van der Waals surface area contributed by atoms with Crippen molar-refractivity contribution in [2.45, 2.75) is 45.5 Å². The quantitative estimate of drug-likeness (QED) is 0.746. The molecule has 2 aromatic carbocycles. The molecule has 8 heteroatoms. The number of benzene rings is 2. The standard InChI is InChI=1S/C13H8BClF2O2.C6H14O2/c14-8-1-6-12(11(15)7-8)18-9-2-4-10(5-3-9)19-13(16)17;1-5(2,7)6(3,4)8/h1-7,13H;7-8H,1-4H3. The van der Waals surface area contributed by atoms with Crippen LogP contribution < -0.4 is 14.9 Å². The van der Waals surface area contributed by atoms with Gasteiger partial charge in [-0.15, -0.1) is 0 Å². The lowest BCUT2D eigenvalue weighted by atomic mass is 9.90. The molecule has 2 rings (SSSR count). The van der Waals surface area contributed by atoms with Crippen LogP contribution in [-0.2, 0) is 0 Å². The van der Waals surface area contributed by atoms with Crippen molar-refractivity contribution in [1.82, 2.24) is 0 Å². The molecule has 27 heavy (non-hydrogen) atoms. The summed E-state index contributed by atoms with van der Waals surface area (Å²) in [6, 6.07) is 10.6. The second-order valence-electron chi connectivity index (χ2n) is 6.76. The van der Waals surface area contributed by atoms with E-state index in [4.69, 9.17) is 34.4 Å². The molecule has 4 nitrogen and oxygen atoms in total. The van der Waals surface area contributed by atoms with Gasteiger partial charge < -0.3 is 19.7 Å². The largest absolute Gasteiger partial charge is 0.456 e. The number of hydrogen-bond donors (Lipinski definition) is 2. The van der Waals surface area contributed by atoms with E-state index < -0.39 is 17.8 Å². The molecule has 0 heterocycles. The van der Waals surface area contributed by atoms with Crippen LogP contribution in [0.3, 0.4) is 0 Å². The van der Waals surface area contributed by atoms with Gasteiger partial charge in [-0.1, -0.05) is 23.1 Å². The molecular formula is C19H22BClF2O4. The van der Waals surface area contributed by atoms with Crippen molar-refractivity contribution in [1.29, 1.82) is 0 Å². The average Bonchev–Trinajstić information content (AvgIpc) is 2.50. The van der Waals surface area contributed by atoms with Crippen LogP contribution >= 0.6 is 11.6 Å². The van der Waals surface area contributed by atoms with Crippen LogP contribution in [0.15, 0.2) is 42.5 Å². The molecular weight excluding hydrogens is 376 g/mol. The number of halogens is 3. The fourth-order valence-corrected chi connectivity index (χ4v) is 1.64. The summed E-state index contributed by atoms with van der Waals surface area (Å²) in [5, 5.41) is 18.6. The first-order valence-corrected chi connectivity index (χ1v) is 8.40. The lowest BCUT2D eigenvalue weighted by Crippen LogP contribution is -2.44. The predicted molar refractivity (Wildman–Crippen MR) is 103 cm³/mol. The smallest absolute Gasteiger partial charge is 0.387 e. The maximum Gasteiger partial charge on any atom is 0.387 e. The summed E-state index contributed by atoms with van der Waals surface area (Å²) in [5.41, 5.74) is -1.49. The molecule has 2 N–H and O–H groups in total. The first kappa shape index (κ1) is 23.2. The van der Waals surface area contributed by atoms with Crippen molar-refractivity contribution >= 4 is 24.9 Å². The number of alkyl halides is 2. The molecule has 0 bridgehead atoms. The molecule has 0 atom stereocenters. The predicted octanol–water partition coefficient (Wildman–Crippen LogP) is 4.06. The van der Waals surface area contributed by atoms with Crippen molar-refractivity contribution in [3.63, 3.8) is 0 Å². The van der Waals surface area contributed by atoms with Crippen LogP contribution in [0.2, 0.25) is 5.02 Å². The Labute approximate surface area is 164 Å². The molecule has 0 aliphatic heterocycles. The first-order valence-electron chi connectivity index (χ1n) is 8.02. The molecule has 0 unspecified atom stereocenters. The van der Waals surface area contributed by atoms with Crippen molar-refractivity contribution in [2.75, 3.05) is 0 Å². The molecule has 146 valence electrons. The van der Waals surface area contributed by atoms with Gasteiger partial charge in [0.05, 0.1) is 16.2 Å². The highest BCUT2D eigenvalue weighted by molar-refractivity contribution is 6.37. The molecule has 0 aliphatic rings. The lowest BCUT2D eigenvalue weighted by molar-refractivity contribution is -0.107. The molecule has 2 aromatic rings. The molecule has 0 saturated heterocycles. The number of ether oxygens (including phenoxy) is 2. The van der Waals surface area contributed by atoms with E-state index in [0.717, 1.165) is 0 Å². The second kappa shape index (κ2) is 9.40. The summed E-state index contributed by atoms with van der Waals surface area (Å²) in [5.74, 6) is 0.942. The van der Waals surface area contributed by atoms with Gasteiger partial charge in [-0.3, -0.25) is 0 Å². The van der Waals surface area contributed by atoms with Crippen molar-refractivity contribution in [2.24, 2.45) is 0 Å². The Bertz CT molecular complexity index is 714. The van der Waals surface area contributed by atoms with Gasteiger partial charge in [-0.05, 0) is 64.1 Å². The van der Waals surface area contributed by atoms with E-state index >= 15 is 0 Å². The van der Waals surface area contributed by atoms with Crippen LogP contribution in [0.25, 0.3) is 0 Å². The number of rotatable bonds is 5. The normalized spacial score (nSPS) is 11.6. The third-order valence-electron chi connectivity index (χ3n) is 3.73. The summed E-state index contributed by atoms with van der Waals surface area (Å²) >= 11 is 5.95. The number of hydrogen-bond acceptors (Lipinski definition) is 4. The fraction of sp³-hybridized carbons (Fsp3) is 0.368. The zero-order valence-electron chi connectivity index (χ0n) is 15.5. The van der Waals surface area contributed by atoms with Gasteiger partial charge in [0.15, 0.2) is 0 Å². The van der Waals surface area contributed by atoms with Gasteiger partial charge >= 0.3 is 6.61 Å². The van der Waals surface area contributed by atoms with Crippen molar-refractivity contribution in [3.8, 4) is 17.2 Å². The Morgan fingerprint density at radius 1 is 0.926 bits per heavy atom.